The van der Waals surface area contributed by atoms with Gasteiger partial charge in [0, 0.05) is 5.69 Å². The number of rotatable bonds is 4. The van der Waals surface area contributed by atoms with Crippen LogP contribution in [0.2, 0.25) is 0 Å². The summed E-state index contributed by atoms with van der Waals surface area (Å²) in [5.74, 6) is -6.69. The van der Waals surface area contributed by atoms with Crippen LogP contribution in [0.5, 0.6) is 0 Å². The van der Waals surface area contributed by atoms with Crippen LogP contribution in [0.25, 0.3) is 0 Å². The first-order valence-corrected chi connectivity index (χ1v) is 5.07. The molecule has 0 saturated heterocycles. The quantitative estimate of drug-likeness (QED) is 0.648. The van der Waals surface area contributed by atoms with Crippen molar-refractivity contribution in [1.29, 1.82) is 0 Å². The highest BCUT2D eigenvalue weighted by molar-refractivity contribution is 5.84. The normalized spacial score (nSPS) is 13.4. The van der Waals surface area contributed by atoms with Crippen LogP contribution in [-0.2, 0) is 4.79 Å². The number of carbonyl (C=O) groups is 1. The van der Waals surface area contributed by atoms with E-state index >= 15 is 0 Å². The minimum absolute atomic E-state index is 0.468. The van der Waals surface area contributed by atoms with Crippen LogP contribution in [0.3, 0.4) is 0 Å². The van der Waals surface area contributed by atoms with Crippen molar-refractivity contribution in [3.05, 3.63) is 29.8 Å². The van der Waals surface area contributed by atoms with Gasteiger partial charge in [0.2, 0.25) is 0 Å². The number of hydrogen-bond acceptors (Lipinski definition) is 2. The summed E-state index contributed by atoms with van der Waals surface area (Å²) < 4.78 is 49.3. The molecule has 0 aromatic heterocycles. The number of alkyl halides is 4. The van der Waals surface area contributed by atoms with Gasteiger partial charge in [-0.3, -0.25) is 4.79 Å². The first kappa shape index (κ1) is 14.3. The minimum atomic E-state index is -4.69. The second kappa shape index (κ2) is 5.24. The zero-order valence-corrected chi connectivity index (χ0v) is 9.46. The van der Waals surface area contributed by atoms with E-state index in [1.807, 2.05) is 5.32 Å². The summed E-state index contributed by atoms with van der Waals surface area (Å²) in [6.07, 6.45) is -4.03. The van der Waals surface area contributed by atoms with Gasteiger partial charge in [-0.05, 0) is 24.6 Å². The Kier molecular flexibility index (Phi) is 4.15. The van der Waals surface area contributed by atoms with Crippen molar-refractivity contribution in [3.8, 4) is 0 Å². The molecule has 1 amide bonds. The molecule has 0 fully saturated rings. The largest absolute Gasteiger partial charge is 0.399 e. The van der Waals surface area contributed by atoms with Crippen LogP contribution in [0.1, 0.15) is 18.5 Å². The van der Waals surface area contributed by atoms with Crippen LogP contribution in [0.4, 0.5) is 23.2 Å². The van der Waals surface area contributed by atoms with Crippen LogP contribution < -0.4 is 11.1 Å². The predicted octanol–water partition coefficient (Wildman–Crippen LogP) is 2.35. The predicted molar refractivity (Wildman–Crippen MR) is 58.4 cm³/mol. The van der Waals surface area contributed by atoms with Crippen molar-refractivity contribution in [2.24, 2.45) is 0 Å². The first-order valence-electron chi connectivity index (χ1n) is 5.07. The third-order valence-corrected chi connectivity index (χ3v) is 2.36. The van der Waals surface area contributed by atoms with E-state index in [1.54, 1.807) is 0 Å². The smallest absolute Gasteiger partial charge is 0.383 e. The summed E-state index contributed by atoms with van der Waals surface area (Å²) in [6, 6.07) is 5.25. The highest BCUT2D eigenvalue weighted by atomic mass is 19.3. The van der Waals surface area contributed by atoms with E-state index in [0.29, 0.717) is 11.3 Å². The molecule has 1 atom stereocenters. The lowest BCUT2D eigenvalue weighted by molar-refractivity contribution is -0.170. The molecule has 0 spiro atoms. The van der Waals surface area contributed by atoms with Gasteiger partial charge in [0.1, 0.15) is 0 Å². The molecule has 0 aliphatic carbocycles. The van der Waals surface area contributed by atoms with Crippen LogP contribution in [0, 0.1) is 0 Å². The van der Waals surface area contributed by atoms with E-state index in [0.717, 1.165) is 0 Å². The maximum absolute atomic E-state index is 12.7. The van der Waals surface area contributed by atoms with E-state index < -0.39 is 24.3 Å². The number of hydrogen-bond donors (Lipinski definition) is 2. The SMILES string of the molecule is CC(NC(=O)C(F)(F)C(F)F)c1ccc(N)cc1. The molecular weight excluding hydrogens is 252 g/mol. The lowest BCUT2D eigenvalue weighted by Gasteiger charge is -2.19. The number of benzene rings is 1. The van der Waals surface area contributed by atoms with Crippen LogP contribution in [0.15, 0.2) is 24.3 Å². The molecule has 0 saturated carbocycles. The highest BCUT2D eigenvalue weighted by Crippen LogP contribution is 2.24. The van der Waals surface area contributed by atoms with Gasteiger partial charge in [-0.15, -0.1) is 0 Å². The van der Waals surface area contributed by atoms with Crippen molar-refractivity contribution in [1.82, 2.24) is 5.32 Å². The van der Waals surface area contributed by atoms with Crippen molar-refractivity contribution < 1.29 is 22.4 Å². The fraction of sp³-hybridized carbons (Fsp3) is 0.364. The number of halogens is 4. The standard InChI is InChI=1S/C11H12F4N2O/c1-6(7-2-4-8(16)5-3-7)17-10(18)11(14,15)9(12)13/h2-6,9H,16H2,1H3,(H,17,18). The van der Waals surface area contributed by atoms with E-state index in [1.165, 1.54) is 31.2 Å². The van der Waals surface area contributed by atoms with Gasteiger partial charge in [-0.1, -0.05) is 12.1 Å². The van der Waals surface area contributed by atoms with Crippen molar-refractivity contribution >= 4 is 11.6 Å². The molecule has 0 bridgehead atoms. The maximum atomic E-state index is 12.7. The molecule has 100 valence electrons. The van der Waals surface area contributed by atoms with Gasteiger partial charge in [-0.25, -0.2) is 8.78 Å². The molecule has 0 radical (unpaired) electrons. The Balaban J connectivity index is 2.73. The maximum Gasteiger partial charge on any atom is 0.383 e. The molecule has 18 heavy (non-hydrogen) atoms. The molecule has 7 heteroatoms. The Bertz CT molecular complexity index is 420. The molecule has 1 aromatic carbocycles. The fourth-order valence-electron chi connectivity index (χ4n) is 1.26. The number of anilines is 1. The highest BCUT2D eigenvalue weighted by Gasteiger charge is 2.49. The Morgan fingerprint density at radius 1 is 1.28 bits per heavy atom. The monoisotopic (exact) mass is 264 g/mol. The topological polar surface area (TPSA) is 55.1 Å². The second-order valence-electron chi connectivity index (χ2n) is 3.79. The van der Waals surface area contributed by atoms with Gasteiger partial charge in [-0.2, -0.15) is 8.78 Å². The number of nitrogen functional groups attached to an aromatic ring is 1. The van der Waals surface area contributed by atoms with E-state index in [4.69, 9.17) is 5.73 Å². The molecular formula is C11H12F4N2O. The van der Waals surface area contributed by atoms with E-state index in [2.05, 4.69) is 0 Å². The second-order valence-corrected chi connectivity index (χ2v) is 3.79. The molecule has 0 aliphatic rings. The summed E-state index contributed by atoms with van der Waals surface area (Å²) in [6.45, 7) is 1.41. The average molecular weight is 264 g/mol. The third-order valence-electron chi connectivity index (χ3n) is 2.36. The summed E-state index contributed by atoms with van der Waals surface area (Å²) in [5, 5.41) is 1.83. The van der Waals surface area contributed by atoms with Gasteiger partial charge < -0.3 is 11.1 Å². The molecule has 0 heterocycles. The average Bonchev–Trinajstić information content (AvgIpc) is 2.29. The Labute approximate surface area is 101 Å². The van der Waals surface area contributed by atoms with Gasteiger partial charge >= 0.3 is 12.3 Å². The Hall–Kier alpha value is -1.79. The molecule has 1 aromatic rings. The van der Waals surface area contributed by atoms with E-state index in [9.17, 15) is 22.4 Å². The zero-order valence-electron chi connectivity index (χ0n) is 9.46. The van der Waals surface area contributed by atoms with Crippen LogP contribution in [-0.4, -0.2) is 18.3 Å². The lowest BCUT2D eigenvalue weighted by Crippen LogP contribution is -2.45. The van der Waals surface area contributed by atoms with Crippen molar-refractivity contribution in [2.75, 3.05) is 5.73 Å². The van der Waals surface area contributed by atoms with Gasteiger partial charge in [0.25, 0.3) is 5.91 Å². The molecule has 3 nitrogen and oxygen atoms in total. The van der Waals surface area contributed by atoms with E-state index in [-0.39, 0.29) is 0 Å². The zero-order chi connectivity index (χ0) is 13.9. The number of nitrogens with one attached hydrogen (secondary N) is 1. The molecule has 1 rings (SSSR count). The summed E-state index contributed by atoms with van der Waals surface area (Å²) in [4.78, 5) is 11.0. The Morgan fingerprint density at radius 2 is 1.78 bits per heavy atom. The summed E-state index contributed by atoms with van der Waals surface area (Å²) >= 11 is 0. The minimum Gasteiger partial charge on any atom is -0.399 e. The summed E-state index contributed by atoms with van der Waals surface area (Å²) in [7, 11) is 0. The molecule has 0 aliphatic heterocycles. The van der Waals surface area contributed by atoms with Crippen molar-refractivity contribution in [3.63, 3.8) is 0 Å². The fourth-order valence-corrected chi connectivity index (χ4v) is 1.26. The number of nitrogens with two attached hydrogens (primary N) is 1. The van der Waals surface area contributed by atoms with Crippen molar-refractivity contribution in [2.45, 2.75) is 25.3 Å². The first-order chi connectivity index (χ1) is 8.25. The van der Waals surface area contributed by atoms with Crippen LogP contribution >= 0.6 is 0 Å². The Morgan fingerprint density at radius 3 is 2.22 bits per heavy atom. The number of carbonyl (C=O) groups excluding carboxylic acids is 1. The number of amides is 1. The van der Waals surface area contributed by atoms with Gasteiger partial charge in [0.05, 0.1) is 6.04 Å². The third kappa shape index (κ3) is 3.12. The van der Waals surface area contributed by atoms with Gasteiger partial charge in [0.15, 0.2) is 0 Å². The lowest BCUT2D eigenvalue weighted by atomic mass is 10.1. The molecule has 3 N–H and O–H groups in total. The summed E-state index contributed by atoms with van der Waals surface area (Å²) in [5.41, 5.74) is 6.39. The molecule has 1 unspecified atom stereocenters.